The summed E-state index contributed by atoms with van der Waals surface area (Å²) in [6, 6.07) is 0. The summed E-state index contributed by atoms with van der Waals surface area (Å²) >= 11 is 0. The lowest BCUT2D eigenvalue weighted by atomic mass is 9.95. The number of hydrogen-bond donors (Lipinski definition) is 1. The Morgan fingerprint density at radius 2 is 2.16 bits per heavy atom. The highest BCUT2D eigenvalue weighted by atomic mass is 16.5. The summed E-state index contributed by atoms with van der Waals surface area (Å²) in [4.78, 5) is 14.4. The minimum Gasteiger partial charge on any atom is -0.373 e. The number of fused-ring (bicyclic) bond motifs is 1. The van der Waals surface area contributed by atoms with Gasteiger partial charge in [0.15, 0.2) is 0 Å². The molecule has 1 aliphatic carbocycles. The van der Waals surface area contributed by atoms with Crippen LogP contribution in [0, 0.1) is 5.92 Å². The minimum absolute atomic E-state index is 0.0280. The molecule has 0 radical (unpaired) electrons. The van der Waals surface area contributed by atoms with Gasteiger partial charge in [0.1, 0.15) is 0 Å². The summed E-state index contributed by atoms with van der Waals surface area (Å²) in [6.07, 6.45) is 7.31. The summed E-state index contributed by atoms with van der Waals surface area (Å²) in [5.74, 6) is 0.540. The third-order valence-electron chi connectivity index (χ3n) is 5.00. The Kier molecular flexibility index (Phi) is 3.18. The Balaban J connectivity index is 1.50. The van der Waals surface area contributed by atoms with Crippen LogP contribution in [0.3, 0.4) is 0 Å². The first-order chi connectivity index (χ1) is 9.03. The lowest BCUT2D eigenvalue weighted by molar-refractivity contribution is -0.119. The highest BCUT2D eigenvalue weighted by Gasteiger charge is 2.69. The molecule has 19 heavy (non-hydrogen) atoms. The molecule has 4 nitrogen and oxygen atoms in total. The second-order valence-corrected chi connectivity index (χ2v) is 6.59. The van der Waals surface area contributed by atoms with Gasteiger partial charge in [0.2, 0.25) is 5.91 Å². The lowest BCUT2D eigenvalue weighted by Gasteiger charge is -2.30. The zero-order valence-corrected chi connectivity index (χ0v) is 11.9. The molecule has 0 spiro atoms. The number of likely N-dealkylation sites (tertiary alicyclic amines) is 1. The van der Waals surface area contributed by atoms with E-state index in [2.05, 4.69) is 24.1 Å². The number of carbonyl (C=O) groups is 1. The molecule has 1 saturated carbocycles. The van der Waals surface area contributed by atoms with Gasteiger partial charge in [-0.3, -0.25) is 9.69 Å². The first-order valence-electron chi connectivity index (χ1n) is 7.38. The molecular weight excluding hydrogens is 240 g/mol. The zero-order chi connectivity index (χ0) is 13.5. The Morgan fingerprint density at radius 1 is 1.42 bits per heavy atom. The molecule has 4 heteroatoms. The molecule has 0 aromatic carbocycles. The fourth-order valence-corrected chi connectivity index (χ4v) is 3.55. The van der Waals surface area contributed by atoms with Crippen LogP contribution in [0.25, 0.3) is 0 Å². The van der Waals surface area contributed by atoms with Crippen molar-refractivity contribution in [3.63, 3.8) is 0 Å². The van der Waals surface area contributed by atoms with Crippen LogP contribution in [0.5, 0.6) is 0 Å². The molecular formula is C15H24N2O2. The molecule has 2 saturated heterocycles. The first kappa shape index (κ1) is 13.1. The molecule has 3 aliphatic rings. The van der Waals surface area contributed by atoms with Gasteiger partial charge in [0.05, 0.1) is 17.7 Å². The number of hydrogen-bond acceptors (Lipinski definition) is 3. The fourth-order valence-electron chi connectivity index (χ4n) is 3.55. The van der Waals surface area contributed by atoms with Gasteiger partial charge >= 0.3 is 0 Å². The van der Waals surface area contributed by atoms with Gasteiger partial charge < -0.3 is 10.1 Å². The van der Waals surface area contributed by atoms with E-state index < -0.39 is 0 Å². The van der Waals surface area contributed by atoms with E-state index in [9.17, 15) is 4.79 Å². The van der Waals surface area contributed by atoms with Gasteiger partial charge in [-0.2, -0.15) is 0 Å². The number of rotatable bonds is 4. The Labute approximate surface area is 115 Å². The maximum absolute atomic E-state index is 12.0. The third kappa shape index (κ3) is 2.32. The number of ether oxygens (including phenoxy) is 1. The SMILES string of the molecule is CC1(C)OCC2CC21NC(=O)/C=C/CN1CCCC1. The van der Waals surface area contributed by atoms with E-state index in [1.807, 2.05) is 6.08 Å². The van der Waals surface area contributed by atoms with E-state index in [-0.39, 0.29) is 17.0 Å². The maximum Gasteiger partial charge on any atom is 0.244 e. The number of nitrogens with zero attached hydrogens (tertiary/aromatic N) is 1. The topological polar surface area (TPSA) is 41.6 Å². The molecule has 106 valence electrons. The van der Waals surface area contributed by atoms with E-state index in [4.69, 9.17) is 4.74 Å². The van der Waals surface area contributed by atoms with Crippen molar-refractivity contribution in [3.8, 4) is 0 Å². The van der Waals surface area contributed by atoms with Crippen LogP contribution in [0.4, 0.5) is 0 Å². The quantitative estimate of drug-likeness (QED) is 0.779. The zero-order valence-electron chi connectivity index (χ0n) is 11.9. The molecule has 2 aliphatic heterocycles. The van der Waals surface area contributed by atoms with Gasteiger partial charge in [0.25, 0.3) is 0 Å². The normalized spacial score (nSPS) is 36.6. The summed E-state index contributed by atoms with van der Waals surface area (Å²) in [5, 5.41) is 3.18. The molecule has 3 fully saturated rings. The predicted molar refractivity (Wildman–Crippen MR) is 73.8 cm³/mol. The average Bonchev–Trinajstić information content (AvgIpc) is 2.72. The summed E-state index contributed by atoms with van der Waals surface area (Å²) in [5.41, 5.74) is -0.335. The van der Waals surface area contributed by atoms with Crippen LogP contribution < -0.4 is 5.32 Å². The molecule has 2 atom stereocenters. The van der Waals surface area contributed by atoms with Gasteiger partial charge in [-0.1, -0.05) is 6.08 Å². The maximum atomic E-state index is 12.0. The summed E-state index contributed by atoms with van der Waals surface area (Å²) < 4.78 is 5.75. The van der Waals surface area contributed by atoms with E-state index in [0.717, 1.165) is 19.6 Å². The molecule has 0 bridgehead atoms. The van der Waals surface area contributed by atoms with Crippen molar-refractivity contribution in [3.05, 3.63) is 12.2 Å². The van der Waals surface area contributed by atoms with Crippen molar-refractivity contribution in [2.24, 2.45) is 5.92 Å². The molecule has 1 amide bonds. The molecule has 2 heterocycles. The van der Waals surface area contributed by atoms with Crippen LogP contribution in [0.1, 0.15) is 33.1 Å². The van der Waals surface area contributed by atoms with Crippen LogP contribution in [-0.4, -0.2) is 48.2 Å². The molecule has 2 unspecified atom stereocenters. The summed E-state index contributed by atoms with van der Waals surface area (Å²) in [7, 11) is 0. The van der Waals surface area contributed by atoms with E-state index >= 15 is 0 Å². The van der Waals surface area contributed by atoms with Gasteiger partial charge in [-0.25, -0.2) is 0 Å². The molecule has 0 aromatic rings. The molecule has 1 N–H and O–H groups in total. The van der Waals surface area contributed by atoms with Gasteiger partial charge in [-0.15, -0.1) is 0 Å². The Hall–Kier alpha value is -0.870. The predicted octanol–water partition coefficient (Wildman–Crippen LogP) is 1.32. The number of nitrogens with one attached hydrogen (secondary N) is 1. The van der Waals surface area contributed by atoms with Crippen molar-refractivity contribution >= 4 is 5.91 Å². The average molecular weight is 264 g/mol. The second-order valence-electron chi connectivity index (χ2n) is 6.59. The van der Waals surface area contributed by atoms with Crippen molar-refractivity contribution in [2.45, 2.75) is 44.2 Å². The number of amides is 1. The smallest absolute Gasteiger partial charge is 0.244 e. The third-order valence-corrected chi connectivity index (χ3v) is 5.00. The van der Waals surface area contributed by atoms with Gasteiger partial charge in [-0.05, 0) is 46.2 Å². The van der Waals surface area contributed by atoms with Crippen LogP contribution in [0.2, 0.25) is 0 Å². The molecule has 3 rings (SSSR count). The van der Waals surface area contributed by atoms with Crippen LogP contribution in [-0.2, 0) is 9.53 Å². The largest absolute Gasteiger partial charge is 0.373 e. The Morgan fingerprint density at radius 3 is 2.74 bits per heavy atom. The van der Waals surface area contributed by atoms with E-state index in [0.29, 0.717) is 5.92 Å². The monoisotopic (exact) mass is 264 g/mol. The minimum atomic E-state index is -0.226. The molecule has 0 aromatic heterocycles. The highest BCUT2D eigenvalue weighted by Crippen LogP contribution is 2.57. The van der Waals surface area contributed by atoms with Crippen molar-refractivity contribution in [1.29, 1.82) is 0 Å². The first-order valence-corrected chi connectivity index (χ1v) is 7.38. The van der Waals surface area contributed by atoms with Gasteiger partial charge in [0, 0.05) is 18.5 Å². The fraction of sp³-hybridized carbons (Fsp3) is 0.800. The van der Waals surface area contributed by atoms with E-state index in [1.54, 1.807) is 6.08 Å². The van der Waals surface area contributed by atoms with E-state index in [1.165, 1.54) is 25.9 Å². The van der Waals surface area contributed by atoms with Crippen molar-refractivity contribution in [2.75, 3.05) is 26.2 Å². The number of carbonyl (C=O) groups excluding carboxylic acids is 1. The highest BCUT2D eigenvalue weighted by molar-refractivity contribution is 5.88. The van der Waals surface area contributed by atoms with Crippen LogP contribution in [0.15, 0.2) is 12.2 Å². The van der Waals surface area contributed by atoms with Crippen molar-refractivity contribution in [1.82, 2.24) is 10.2 Å². The van der Waals surface area contributed by atoms with Crippen molar-refractivity contribution < 1.29 is 9.53 Å². The Bertz CT molecular complexity index is 399. The summed E-state index contributed by atoms with van der Waals surface area (Å²) in [6.45, 7) is 8.16. The standard InChI is InChI=1S/C15H24N2O2/c1-14(2)15(10-12(15)11-19-14)16-13(18)6-5-9-17-7-3-4-8-17/h5-6,12H,3-4,7-11H2,1-2H3,(H,16,18)/b6-5+. The second kappa shape index (κ2) is 4.60. The van der Waals surface area contributed by atoms with Crippen LogP contribution >= 0.6 is 0 Å². The lowest BCUT2D eigenvalue weighted by Crippen LogP contribution is -2.50.